The van der Waals surface area contributed by atoms with Gasteiger partial charge in [-0.1, -0.05) is 0 Å². The molecule has 0 radical (unpaired) electrons. The molecule has 94 valence electrons. The number of nitrogens with two attached hydrogens (primary N) is 1. The Kier molecular flexibility index (Phi) is 4.70. The summed E-state index contributed by atoms with van der Waals surface area (Å²) in [4.78, 5) is 8.60. The average Bonchev–Trinajstić information content (AvgIpc) is 2.82. The molecule has 5 heteroatoms. The molecule has 17 heavy (non-hydrogen) atoms. The number of nitrogens with one attached hydrogen (secondary N) is 1. The van der Waals surface area contributed by atoms with Crippen molar-refractivity contribution in [2.75, 3.05) is 31.6 Å². The van der Waals surface area contributed by atoms with Crippen LogP contribution in [0.25, 0.3) is 0 Å². The zero-order chi connectivity index (χ0) is 11.9. The summed E-state index contributed by atoms with van der Waals surface area (Å²) >= 11 is 0. The van der Waals surface area contributed by atoms with Gasteiger partial charge in [0.05, 0.1) is 6.61 Å². The summed E-state index contributed by atoms with van der Waals surface area (Å²) in [6, 6.07) is 0. The second-order valence-electron chi connectivity index (χ2n) is 4.18. The van der Waals surface area contributed by atoms with Crippen LogP contribution in [0, 0.1) is 0 Å². The highest BCUT2D eigenvalue weighted by Gasteiger charge is 2.16. The first-order valence-electron chi connectivity index (χ1n) is 6.26. The van der Waals surface area contributed by atoms with Gasteiger partial charge in [-0.15, -0.1) is 0 Å². The quantitative estimate of drug-likeness (QED) is 0.683. The minimum Gasteiger partial charge on any atom is -0.380 e. The standard InChI is InChI=1S/C12H20N4O/c13-5-8-17-7-2-6-14-12-10-3-1-4-11(10)15-9-16-12/h9H,1-8,13H2,(H,14,15,16). The predicted octanol–water partition coefficient (Wildman–Crippen LogP) is 0.743. The monoisotopic (exact) mass is 236 g/mol. The van der Waals surface area contributed by atoms with Gasteiger partial charge in [0.2, 0.25) is 0 Å². The van der Waals surface area contributed by atoms with E-state index in [1.807, 2.05) is 0 Å². The molecule has 1 heterocycles. The maximum Gasteiger partial charge on any atom is 0.132 e. The number of fused-ring (bicyclic) bond motifs is 1. The van der Waals surface area contributed by atoms with Gasteiger partial charge in [0.1, 0.15) is 12.1 Å². The number of rotatable bonds is 7. The molecule has 0 amide bonds. The van der Waals surface area contributed by atoms with Crippen LogP contribution in [0.3, 0.4) is 0 Å². The Hall–Kier alpha value is -1.20. The number of hydrogen-bond acceptors (Lipinski definition) is 5. The first-order chi connectivity index (χ1) is 8.42. The zero-order valence-electron chi connectivity index (χ0n) is 10.1. The van der Waals surface area contributed by atoms with Crippen LogP contribution >= 0.6 is 0 Å². The lowest BCUT2D eigenvalue weighted by atomic mass is 10.2. The molecule has 1 aliphatic carbocycles. The van der Waals surface area contributed by atoms with Crippen molar-refractivity contribution in [3.05, 3.63) is 17.6 Å². The van der Waals surface area contributed by atoms with E-state index in [4.69, 9.17) is 10.5 Å². The molecule has 5 nitrogen and oxygen atoms in total. The molecule has 1 aliphatic rings. The van der Waals surface area contributed by atoms with Crippen LogP contribution in [0.15, 0.2) is 6.33 Å². The molecule has 0 bridgehead atoms. The maximum absolute atomic E-state index is 5.34. The highest BCUT2D eigenvalue weighted by Crippen LogP contribution is 2.24. The van der Waals surface area contributed by atoms with Gasteiger partial charge in [-0.25, -0.2) is 9.97 Å². The summed E-state index contributed by atoms with van der Waals surface area (Å²) in [7, 11) is 0. The second-order valence-corrected chi connectivity index (χ2v) is 4.18. The molecule has 0 atom stereocenters. The third-order valence-electron chi connectivity index (χ3n) is 2.90. The first-order valence-corrected chi connectivity index (χ1v) is 6.26. The van der Waals surface area contributed by atoms with Gasteiger partial charge in [-0.2, -0.15) is 0 Å². The molecule has 0 fully saturated rings. The van der Waals surface area contributed by atoms with E-state index in [1.54, 1.807) is 6.33 Å². The van der Waals surface area contributed by atoms with Crippen molar-refractivity contribution in [3.63, 3.8) is 0 Å². The fraction of sp³-hybridized carbons (Fsp3) is 0.667. The number of ether oxygens (including phenoxy) is 1. The average molecular weight is 236 g/mol. The summed E-state index contributed by atoms with van der Waals surface area (Å²) in [5.41, 5.74) is 7.85. The van der Waals surface area contributed by atoms with E-state index in [2.05, 4.69) is 15.3 Å². The molecular weight excluding hydrogens is 216 g/mol. The van der Waals surface area contributed by atoms with Crippen molar-refractivity contribution in [1.29, 1.82) is 0 Å². The minimum absolute atomic E-state index is 0.590. The zero-order valence-corrected chi connectivity index (χ0v) is 10.1. The Morgan fingerprint density at radius 2 is 2.24 bits per heavy atom. The van der Waals surface area contributed by atoms with Crippen LogP contribution in [-0.2, 0) is 17.6 Å². The smallest absolute Gasteiger partial charge is 0.132 e. The third-order valence-corrected chi connectivity index (χ3v) is 2.90. The molecule has 0 saturated heterocycles. The molecule has 1 aromatic rings. The van der Waals surface area contributed by atoms with Crippen LogP contribution in [0.4, 0.5) is 5.82 Å². The van der Waals surface area contributed by atoms with Gasteiger partial charge in [0.15, 0.2) is 0 Å². The van der Waals surface area contributed by atoms with Gasteiger partial charge < -0.3 is 15.8 Å². The van der Waals surface area contributed by atoms with E-state index in [9.17, 15) is 0 Å². The van der Waals surface area contributed by atoms with Gasteiger partial charge >= 0.3 is 0 Å². The molecule has 3 N–H and O–H groups in total. The van der Waals surface area contributed by atoms with Crippen LogP contribution in [0.5, 0.6) is 0 Å². The lowest BCUT2D eigenvalue weighted by Gasteiger charge is -2.09. The van der Waals surface area contributed by atoms with Crippen LogP contribution in [-0.4, -0.2) is 36.3 Å². The summed E-state index contributed by atoms with van der Waals surface area (Å²) in [6.07, 6.45) is 6.01. The van der Waals surface area contributed by atoms with Crippen molar-refractivity contribution in [3.8, 4) is 0 Å². The van der Waals surface area contributed by atoms with Gasteiger partial charge in [0, 0.05) is 31.0 Å². The maximum atomic E-state index is 5.34. The summed E-state index contributed by atoms with van der Waals surface area (Å²) in [6.45, 7) is 2.86. The SMILES string of the molecule is NCCOCCCNc1ncnc2c1CCC2. The van der Waals surface area contributed by atoms with E-state index >= 15 is 0 Å². The van der Waals surface area contributed by atoms with E-state index in [-0.39, 0.29) is 0 Å². The molecule has 0 unspecified atom stereocenters. The van der Waals surface area contributed by atoms with E-state index in [0.29, 0.717) is 13.2 Å². The number of anilines is 1. The van der Waals surface area contributed by atoms with E-state index < -0.39 is 0 Å². The van der Waals surface area contributed by atoms with Crippen molar-refractivity contribution >= 4 is 5.82 Å². The van der Waals surface area contributed by atoms with E-state index in [1.165, 1.54) is 17.7 Å². The summed E-state index contributed by atoms with van der Waals surface area (Å²) in [5.74, 6) is 1.01. The number of aryl methyl sites for hydroxylation is 1. The van der Waals surface area contributed by atoms with Crippen molar-refractivity contribution < 1.29 is 4.74 Å². The fourth-order valence-electron chi connectivity index (χ4n) is 2.08. The van der Waals surface area contributed by atoms with Crippen molar-refractivity contribution in [2.24, 2.45) is 5.73 Å². The number of nitrogens with zero attached hydrogens (tertiary/aromatic N) is 2. The Labute approximate surface area is 102 Å². The van der Waals surface area contributed by atoms with Gasteiger partial charge in [-0.3, -0.25) is 0 Å². The van der Waals surface area contributed by atoms with Crippen LogP contribution in [0.1, 0.15) is 24.1 Å². The molecule has 0 spiro atoms. The molecule has 1 aromatic heterocycles. The molecule has 2 rings (SSSR count). The topological polar surface area (TPSA) is 73.1 Å². The highest BCUT2D eigenvalue weighted by atomic mass is 16.5. The van der Waals surface area contributed by atoms with Crippen LogP contribution < -0.4 is 11.1 Å². The van der Waals surface area contributed by atoms with Crippen LogP contribution in [0.2, 0.25) is 0 Å². The van der Waals surface area contributed by atoms with Gasteiger partial charge in [-0.05, 0) is 25.7 Å². The van der Waals surface area contributed by atoms with Crippen molar-refractivity contribution in [1.82, 2.24) is 9.97 Å². The fourth-order valence-corrected chi connectivity index (χ4v) is 2.08. The molecule has 0 aliphatic heterocycles. The lowest BCUT2D eigenvalue weighted by Crippen LogP contribution is -2.12. The van der Waals surface area contributed by atoms with Gasteiger partial charge in [0.25, 0.3) is 0 Å². The number of hydrogen-bond donors (Lipinski definition) is 2. The third kappa shape index (κ3) is 3.38. The Morgan fingerprint density at radius 1 is 1.29 bits per heavy atom. The predicted molar refractivity (Wildman–Crippen MR) is 67.0 cm³/mol. The summed E-state index contributed by atoms with van der Waals surface area (Å²) < 4.78 is 5.32. The Bertz CT molecular complexity index is 356. The lowest BCUT2D eigenvalue weighted by molar-refractivity contribution is 0.141. The largest absolute Gasteiger partial charge is 0.380 e. The Balaban J connectivity index is 1.74. The summed E-state index contributed by atoms with van der Waals surface area (Å²) in [5, 5.41) is 3.36. The van der Waals surface area contributed by atoms with Crippen molar-refractivity contribution in [2.45, 2.75) is 25.7 Å². The highest BCUT2D eigenvalue weighted by molar-refractivity contribution is 5.47. The number of aromatic nitrogens is 2. The first kappa shape index (κ1) is 12.3. The molecule has 0 saturated carbocycles. The normalized spacial score (nSPS) is 13.7. The molecule has 0 aromatic carbocycles. The minimum atomic E-state index is 0.590. The van der Waals surface area contributed by atoms with E-state index in [0.717, 1.165) is 38.2 Å². The molecular formula is C12H20N4O. The Morgan fingerprint density at radius 3 is 3.12 bits per heavy atom. The second kappa shape index (κ2) is 6.51.